The maximum absolute atomic E-state index is 5.20. The van der Waals surface area contributed by atoms with Crippen molar-refractivity contribution in [2.45, 2.75) is 64.1 Å². The van der Waals surface area contributed by atoms with Crippen LogP contribution in [0.1, 0.15) is 58.1 Å². The zero-order valence-corrected chi connectivity index (χ0v) is 22.4. The van der Waals surface area contributed by atoms with Crippen LogP contribution in [0.2, 0.25) is 0 Å². The van der Waals surface area contributed by atoms with Crippen molar-refractivity contribution in [2.75, 3.05) is 46.9 Å². The van der Waals surface area contributed by atoms with Crippen molar-refractivity contribution < 1.29 is 4.74 Å². The van der Waals surface area contributed by atoms with E-state index in [2.05, 4.69) is 76.9 Å². The molecule has 1 aliphatic rings. The van der Waals surface area contributed by atoms with E-state index in [-0.39, 0.29) is 29.5 Å². The standard InChI is InChI=1S/C24H43N5O.HI/c1-6-24(7-2,28-20(3)21-11-9-8-10-12-21)19-26-23(25-4)27-22-13-15-29(16-14-22)17-18-30-5;/h8-12,20,22,28H,6-7,13-19H2,1-5H3,(H2,25,26,27);1H. The first-order valence-electron chi connectivity index (χ1n) is 11.6. The van der Waals surface area contributed by atoms with Crippen molar-refractivity contribution in [3.05, 3.63) is 35.9 Å². The smallest absolute Gasteiger partial charge is 0.191 e. The largest absolute Gasteiger partial charge is 0.383 e. The summed E-state index contributed by atoms with van der Waals surface area (Å²) in [6.45, 7) is 11.7. The van der Waals surface area contributed by atoms with E-state index in [1.165, 1.54) is 5.56 Å². The van der Waals surface area contributed by atoms with Gasteiger partial charge in [0.15, 0.2) is 5.96 Å². The Bertz CT molecular complexity index is 616. The monoisotopic (exact) mass is 545 g/mol. The van der Waals surface area contributed by atoms with Gasteiger partial charge in [0.2, 0.25) is 0 Å². The lowest BCUT2D eigenvalue weighted by Gasteiger charge is -2.37. The Kier molecular flexibility index (Phi) is 13.6. The molecular weight excluding hydrogens is 501 g/mol. The third-order valence-electron chi connectivity index (χ3n) is 6.53. The number of aliphatic imine (C=N–C) groups is 1. The molecule has 6 nitrogen and oxygen atoms in total. The number of nitrogens with one attached hydrogen (secondary N) is 3. The predicted molar refractivity (Wildman–Crippen MR) is 143 cm³/mol. The molecule has 0 radical (unpaired) electrons. The molecular formula is C24H44IN5O. The number of nitrogens with zero attached hydrogens (tertiary/aromatic N) is 2. The topological polar surface area (TPSA) is 60.9 Å². The van der Waals surface area contributed by atoms with Gasteiger partial charge in [-0.2, -0.15) is 0 Å². The van der Waals surface area contributed by atoms with Crippen LogP contribution < -0.4 is 16.0 Å². The van der Waals surface area contributed by atoms with E-state index in [9.17, 15) is 0 Å². The normalized spacial score (nSPS) is 17.1. The van der Waals surface area contributed by atoms with E-state index in [4.69, 9.17) is 4.74 Å². The predicted octanol–water partition coefficient (Wildman–Crippen LogP) is 3.79. The summed E-state index contributed by atoms with van der Waals surface area (Å²) >= 11 is 0. The number of methoxy groups -OCH3 is 1. The number of benzene rings is 1. The molecule has 31 heavy (non-hydrogen) atoms. The first kappa shape index (κ1) is 28.1. The van der Waals surface area contributed by atoms with Gasteiger partial charge in [0.1, 0.15) is 0 Å². The van der Waals surface area contributed by atoms with Crippen LogP contribution in [-0.2, 0) is 4.74 Å². The van der Waals surface area contributed by atoms with Crippen LogP contribution in [0.5, 0.6) is 0 Å². The minimum Gasteiger partial charge on any atom is -0.383 e. The summed E-state index contributed by atoms with van der Waals surface area (Å²) in [6, 6.07) is 11.5. The zero-order valence-electron chi connectivity index (χ0n) is 20.1. The summed E-state index contributed by atoms with van der Waals surface area (Å²) in [6.07, 6.45) is 4.39. The Morgan fingerprint density at radius 1 is 1.19 bits per heavy atom. The first-order valence-corrected chi connectivity index (χ1v) is 11.6. The van der Waals surface area contributed by atoms with Crippen molar-refractivity contribution in [1.82, 2.24) is 20.9 Å². The highest BCUT2D eigenvalue weighted by molar-refractivity contribution is 14.0. The van der Waals surface area contributed by atoms with Crippen molar-refractivity contribution in [3.8, 4) is 0 Å². The van der Waals surface area contributed by atoms with Crippen molar-refractivity contribution in [2.24, 2.45) is 4.99 Å². The minimum atomic E-state index is 0. The number of hydrogen-bond donors (Lipinski definition) is 3. The third-order valence-corrected chi connectivity index (χ3v) is 6.53. The highest BCUT2D eigenvalue weighted by atomic mass is 127. The molecule has 178 valence electrons. The Hall–Kier alpha value is -0.900. The maximum Gasteiger partial charge on any atom is 0.191 e. The molecule has 0 aromatic heterocycles. The summed E-state index contributed by atoms with van der Waals surface area (Å²) < 4.78 is 5.20. The second-order valence-electron chi connectivity index (χ2n) is 8.44. The number of ether oxygens (including phenoxy) is 1. The van der Waals surface area contributed by atoms with Crippen LogP contribution in [0.25, 0.3) is 0 Å². The Morgan fingerprint density at radius 2 is 1.84 bits per heavy atom. The minimum absolute atomic E-state index is 0. The summed E-state index contributed by atoms with van der Waals surface area (Å²) in [5.74, 6) is 0.908. The van der Waals surface area contributed by atoms with Gasteiger partial charge < -0.3 is 25.6 Å². The molecule has 1 fully saturated rings. The number of piperidine rings is 1. The van der Waals surface area contributed by atoms with Gasteiger partial charge in [-0.25, -0.2) is 0 Å². The van der Waals surface area contributed by atoms with Gasteiger partial charge in [0, 0.05) is 58.0 Å². The highest BCUT2D eigenvalue weighted by Crippen LogP contribution is 2.21. The van der Waals surface area contributed by atoms with Gasteiger partial charge in [-0.05, 0) is 38.2 Å². The van der Waals surface area contributed by atoms with Crippen LogP contribution in [0.15, 0.2) is 35.3 Å². The summed E-state index contributed by atoms with van der Waals surface area (Å²) in [5, 5.41) is 11.1. The van der Waals surface area contributed by atoms with Gasteiger partial charge in [0.05, 0.1) is 6.61 Å². The maximum atomic E-state index is 5.20. The van der Waals surface area contributed by atoms with Crippen LogP contribution in [0.3, 0.4) is 0 Å². The molecule has 3 N–H and O–H groups in total. The average Bonchev–Trinajstić information content (AvgIpc) is 2.80. The molecule has 1 heterocycles. The van der Waals surface area contributed by atoms with E-state index in [1.54, 1.807) is 7.11 Å². The van der Waals surface area contributed by atoms with Gasteiger partial charge in [0.25, 0.3) is 0 Å². The van der Waals surface area contributed by atoms with Gasteiger partial charge >= 0.3 is 0 Å². The number of halogens is 1. The van der Waals surface area contributed by atoms with Gasteiger partial charge in [-0.1, -0.05) is 44.2 Å². The van der Waals surface area contributed by atoms with Crippen LogP contribution in [-0.4, -0.2) is 69.4 Å². The van der Waals surface area contributed by atoms with Crippen molar-refractivity contribution in [1.29, 1.82) is 0 Å². The molecule has 0 saturated carbocycles. The van der Waals surface area contributed by atoms with Gasteiger partial charge in [-0.3, -0.25) is 4.99 Å². The molecule has 7 heteroatoms. The molecule has 1 atom stereocenters. The molecule has 2 rings (SSSR count). The molecule has 1 aromatic rings. The summed E-state index contributed by atoms with van der Waals surface area (Å²) in [4.78, 5) is 6.97. The molecule has 1 unspecified atom stereocenters. The number of likely N-dealkylation sites (tertiary alicyclic amines) is 1. The third kappa shape index (κ3) is 9.24. The Balaban J connectivity index is 0.00000480. The first-order chi connectivity index (χ1) is 14.6. The summed E-state index contributed by atoms with van der Waals surface area (Å²) in [7, 11) is 3.63. The molecule has 0 bridgehead atoms. The van der Waals surface area contributed by atoms with Crippen LogP contribution >= 0.6 is 24.0 Å². The van der Waals surface area contributed by atoms with Crippen LogP contribution in [0.4, 0.5) is 0 Å². The SMILES string of the molecule is CCC(CC)(CNC(=NC)NC1CCN(CCOC)CC1)NC(C)c1ccccc1.I. The van der Waals surface area contributed by atoms with Gasteiger partial charge in [-0.15, -0.1) is 24.0 Å². The average molecular weight is 546 g/mol. The van der Waals surface area contributed by atoms with Crippen molar-refractivity contribution >= 4 is 29.9 Å². The second kappa shape index (κ2) is 15.0. The second-order valence-corrected chi connectivity index (χ2v) is 8.44. The van der Waals surface area contributed by atoms with Crippen LogP contribution in [0, 0.1) is 0 Å². The van der Waals surface area contributed by atoms with E-state index < -0.39 is 0 Å². The Morgan fingerprint density at radius 3 is 2.39 bits per heavy atom. The number of guanidine groups is 1. The lowest BCUT2D eigenvalue weighted by atomic mass is 9.90. The Labute approximate surface area is 207 Å². The lowest BCUT2D eigenvalue weighted by Crippen LogP contribution is -2.56. The molecule has 1 aromatic carbocycles. The summed E-state index contributed by atoms with van der Waals surface area (Å²) in [5.41, 5.74) is 1.35. The fourth-order valence-electron chi connectivity index (χ4n) is 4.20. The van der Waals surface area contributed by atoms with E-state index in [1.807, 2.05) is 7.05 Å². The molecule has 0 spiro atoms. The van der Waals surface area contributed by atoms with E-state index in [0.717, 1.165) is 64.4 Å². The molecule has 1 saturated heterocycles. The molecule has 1 aliphatic heterocycles. The number of hydrogen-bond acceptors (Lipinski definition) is 4. The zero-order chi connectivity index (χ0) is 21.8. The fourth-order valence-corrected chi connectivity index (χ4v) is 4.20. The highest BCUT2D eigenvalue weighted by Gasteiger charge is 2.29. The molecule has 0 amide bonds. The van der Waals surface area contributed by atoms with E-state index in [0.29, 0.717) is 12.1 Å². The molecule has 0 aliphatic carbocycles. The number of rotatable bonds is 11. The van der Waals surface area contributed by atoms with Crippen molar-refractivity contribution in [3.63, 3.8) is 0 Å². The quantitative estimate of drug-likeness (QED) is 0.225. The fraction of sp³-hybridized carbons (Fsp3) is 0.708. The van der Waals surface area contributed by atoms with E-state index >= 15 is 0 Å². The lowest BCUT2D eigenvalue weighted by molar-refractivity contribution is 0.128.